The van der Waals surface area contributed by atoms with Gasteiger partial charge in [-0.25, -0.2) is 4.39 Å². The summed E-state index contributed by atoms with van der Waals surface area (Å²) in [5.74, 6) is -1.23. The molecule has 0 atom stereocenters. The largest absolute Gasteiger partial charge is 0.486 e. The average Bonchev–Trinajstić information content (AvgIpc) is 2.61. The highest BCUT2D eigenvalue weighted by Gasteiger charge is 2.32. The van der Waals surface area contributed by atoms with E-state index in [0.717, 1.165) is 5.39 Å². The quantitative estimate of drug-likeness (QED) is 0.454. The first-order chi connectivity index (χ1) is 13.1. The normalized spacial score (nSPS) is 11.5. The number of rotatable bonds is 5. The summed E-state index contributed by atoms with van der Waals surface area (Å²) in [6.45, 7) is 1.32. The highest BCUT2D eigenvalue weighted by molar-refractivity contribution is 6.32. The second-order valence-electron chi connectivity index (χ2n) is 6.03. The number of ketones is 1. The van der Waals surface area contributed by atoms with E-state index in [-0.39, 0.29) is 18.1 Å². The van der Waals surface area contributed by atoms with Crippen LogP contribution in [0.4, 0.5) is 17.6 Å². The van der Waals surface area contributed by atoms with E-state index in [4.69, 9.17) is 21.1 Å². The van der Waals surface area contributed by atoms with Crippen molar-refractivity contribution >= 4 is 28.2 Å². The van der Waals surface area contributed by atoms with Crippen LogP contribution in [0.15, 0.2) is 48.5 Å². The number of ether oxygens (including phenoxy) is 2. The van der Waals surface area contributed by atoms with Gasteiger partial charge in [-0.1, -0.05) is 23.7 Å². The molecule has 0 fully saturated rings. The van der Waals surface area contributed by atoms with Crippen LogP contribution in [0.2, 0.25) is 5.02 Å². The molecule has 0 aliphatic heterocycles. The van der Waals surface area contributed by atoms with Crippen LogP contribution in [0, 0.1) is 5.82 Å². The van der Waals surface area contributed by atoms with Crippen LogP contribution < -0.4 is 9.47 Å². The molecule has 28 heavy (non-hydrogen) atoms. The molecule has 0 aromatic heterocycles. The van der Waals surface area contributed by atoms with E-state index in [1.165, 1.54) is 13.0 Å². The summed E-state index contributed by atoms with van der Waals surface area (Å²) in [5, 5.41) is 0.995. The first-order valence-electron chi connectivity index (χ1n) is 8.03. The second-order valence-corrected chi connectivity index (χ2v) is 6.44. The molecule has 0 radical (unpaired) electrons. The molecule has 0 N–H and O–H groups in total. The molecule has 0 amide bonds. The van der Waals surface area contributed by atoms with E-state index < -0.39 is 28.3 Å². The highest BCUT2D eigenvalue weighted by Crippen LogP contribution is 2.39. The molecule has 3 aromatic rings. The Morgan fingerprint density at radius 2 is 1.64 bits per heavy atom. The molecule has 0 aliphatic carbocycles. The molecular weight excluding hydrogens is 400 g/mol. The molecule has 0 aliphatic rings. The van der Waals surface area contributed by atoms with Crippen molar-refractivity contribution in [3.05, 3.63) is 64.9 Å². The van der Waals surface area contributed by atoms with Crippen molar-refractivity contribution in [2.75, 3.05) is 6.61 Å². The van der Waals surface area contributed by atoms with Crippen LogP contribution in [0.5, 0.6) is 17.2 Å². The van der Waals surface area contributed by atoms with Gasteiger partial charge in [0, 0.05) is 0 Å². The standard InChI is InChI=1S/C20H13ClF4O3/c1-11(26)10-27-15-4-2-12-3-5-16(7-13(12)6-15)28-19-17(21)8-14(9-18(19)22)20(23,24)25/h2-9H,10H2,1H3. The Morgan fingerprint density at radius 3 is 2.25 bits per heavy atom. The Balaban J connectivity index is 1.91. The molecule has 0 saturated carbocycles. The molecule has 0 bridgehead atoms. The minimum Gasteiger partial charge on any atom is -0.486 e. The van der Waals surface area contributed by atoms with Crippen molar-refractivity contribution < 1.29 is 31.8 Å². The molecule has 3 nitrogen and oxygen atoms in total. The number of hydrogen-bond donors (Lipinski definition) is 0. The second kappa shape index (κ2) is 7.67. The SMILES string of the molecule is CC(=O)COc1ccc2ccc(Oc3c(F)cc(C(F)(F)F)cc3Cl)cc2c1. The fourth-order valence-electron chi connectivity index (χ4n) is 2.48. The van der Waals surface area contributed by atoms with Crippen LogP contribution >= 0.6 is 11.6 Å². The summed E-state index contributed by atoms with van der Waals surface area (Å²) < 4.78 is 63.0. The minimum atomic E-state index is -4.72. The lowest BCUT2D eigenvalue weighted by atomic mass is 10.1. The molecule has 3 aromatic carbocycles. The molecule has 0 heterocycles. The first kappa shape index (κ1) is 19.9. The molecule has 0 saturated heterocycles. The highest BCUT2D eigenvalue weighted by atomic mass is 35.5. The van der Waals surface area contributed by atoms with Crippen molar-refractivity contribution in [2.24, 2.45) is 0 Å². The van der Waals surface area contributed by atoms with Gasteiger partial charge in [0.15, 0.2) is 17.3 Å². The third kappa shape index (κ3) is 4.54. The van der Waals surface area contributed by atoms with Gasteiger partial charge in [-0.3, -0.25) is 4.79 Å². The van der Waals surface area contributed by atoms with Crippen molar-refractivity contribution in [2.45, 2.75) is 13.1 Å². The Bertz CT molecular complexity index is 1020. The van der Waals surface area contributed by atoms with Crippen molar-refractivity contribution in [1.29, 1.82) is 0 Å². The predicted molar refractivity (Wildman–Crippen MR) is 96.6 cm³/mol. The Kier molecular flexibility index (Phi) is 5.47. The monoisotopic (exact) mass is 412 g/mol. The summed E-state index contributed by atoms with van der Waals surface area (Å²) >= 11 is 5.79. The number of hydrogen-bond acceptors (Lipinski definition) is 3. The predicted octanol–water partition coefficient (Wildman–Crippen LogP) is 6.41. The van der Waals surface area contributed by atoms with Crippen molar-refractivity contribution in [3.8, 4) is 17.2 Å². The van der Waals surface area contributed by atoms with Gasteiger partial charge in [-0.15, -0.1) is 0 Å². The molecule has 3 rings (SSSR count). The van der Waals surface area contributed by atoms with E-state index in [2.05, 4.69) is 0 Å². The van der Waals surface area contributed by atoms with E-state index in [0.29, 0.717) is 23.3 Å². The molecule has 8 heteroatoms. The number of benzene rings is 3. The fraction of sp³-hybridized carbons (Fsp3) is 0.150. The summed E-state index contributed by atoms with van der Waals surface area (Å²) in [6, 6.07) is 10.8. The van der Waals surface area contributed by atoms with Gasteiger partial charge in [0.1, 0.15) is 18.1 Å². The summed E-state index contributed by atoms with van der Waals surface area (Å²) in [7, 11) is 0. The van der Waals surface area contributed by atoms with Gasteiger partial charge >= 0.3 is 6.18 Å². The van der Waals surface area contributed by atoms with Crippen LogP contribution in [0.3, 0.4) is 0 Å². The summed E-state index contributed by atoms with van der Waals surface area (Å²) in [6.07, 6.45) is -4.72. The number of carbonyl (C=O) groups excluding carboxylic acids is 1. The zero-order chi connectivity index (χ0) is 20.5. The molecule has 146 valence electrons. The maximum absolute atomic E-state index is 14.1. The lowest BCUT2D eigenvalue weighted by Gasteiger charge is -2.13. The third-order valence-electron chi connectivity index (χ3n) is 3.77. The number of halogens is 5. The number of fused-ring (bicyclic) bond motifs is 1. The summed E-state index contributed by atoms with van der Waals surface area (Å²) in [4.78, 5) is 11.0. The zero-order valence-corrected chi connectivity index (χ0v) is 15.2. The van der Waals surface area contributed by atoms with Gasteiger partial charge in [-0.2, -0.15) is 13.2 Å². The fourth-order valence-corrected chi connectivity index (χ4v) is 2.73. The summed E-state index contributed by atoms with van der Waals surface area (Å²) in [5.41, 5.74) is -1.20. The number of alkyl halides is 3. The van der Waals surface area contributed by atoms with Crippen LogP contribution in [0.25, 0.3) is 10.8 Å². The Labute approximate surface area is 162 Å². The van der Waals surface area contributed by atoms with E-state index >= 15 is 0 Å². The van der Waals surface area contributed by atoms with Gasteiger partial charge in [0.25, 0.3) is 0 Å². The minimum absolute atomic E-state index is 0.0753. The first-order valence-corrected chi connectivity index (χ1v) is 8.41. The van der Waals surface area contributed by atoms with E-state index in [1.807, 2.05) is 0 Å². The van der Waals surface area contributed by atoms with Gasteiger partial charge in [0.2, 0.25) is 0 Å². The van der Waals surface area contributed by atoms with Crippen LogP contribution in [0.1, 0.15) is 12.5 Å². The third-order valence-corrected chi connectivity index (χ3v) is 4.05. The topological polar surface area (TPSA) is 35.5 Å². The zero-order valence-electron chi connectivity index (χ0n) is 14.4. The van der Waals surface area contributed by atoms with Gasteiger partial charge in [-0.05, 0) is 54.1 Å². The van der Waals surface area contributed by atoms with Crippen molar-refractivity contribution in [1.82, 2.24) is 0 Å². The number of carbonyl (C=O) groups is 1. The van der Waals surface area contributed by atoms with Crippen LogP contribution in [-0.2, 0) is 11.0 Å². The lowest BCUT2D eigenvalue weighted by Crippen LogP contribution is -2.06. The molecular formula is C20H13ClF4O3. The Hall–Kier alpha value is -2.80. The van der Waals surface area contributed by atoms with Crippen molar-refractivity contribution in [3.63, 3.8) is 0 Å². The smallest absolute Gasteiger partial charge is 0.416 e. The maximum atomic E-state index is 14.1. The number of Topliss-reactive ketones (excluding diaryl/α,β-unsaturated/α-hetero) is 1. The van der Waals surface area contributed by atoms with E-state index in [9.17, 15) is 22.4 Å². The van der Waals surface area contributed by atoms with Gasteiger partial charge < -0.3 is 9.47 Å². The maximum Gasteiger partial charge on any atom is 0.416 e. The van der Waals surface area contributed by atoms with Crippen LogP contribution in [-0.4, -0.2) is 12.4 Å². The Morgan fingerprint density at radius 1 is 1.00 bits per heavy atom. The van der Waals surface area contributed by atoms with E-state index in [1.54, 1.807) is 30.3 Å². The molecule has 0 spiro atoms. The van der Waals surface area contributed by atoms with Gasteiger partial charge in [0.05, 0.1) is 10.6 Å². The molecule has 0 unspecified atom stereocenters. The lowest BCUT2D eigenvalue weighted by molar-refractivity contribution is -0.137. The average molecular weight is 413 g/mol.